The van der Waals surface area contributed by atoms with Gasteiger partial charge in [0, 0.05) is 34.5 Å². The van der Waals surface area contributed by atoms with E-state index in [-0.39, 0.29) is 5.97 Å². The number of hydrogen-bond acceptors (Lipinski definition) is 3. The average Bonchev–Trinajstić information content (AvgIpc) is 4.24. The number of halogens is 6. The van der Waals surface area contributed by atoms with Crippen molar-refractivity contribution in [2.75, 3.05) is 7.11 Å². The summed E-state index contributed by atoms with van der Waals surface area (Å²) in [7, 11) is 1.39. The molecular formula is C53H42F6N2O4. The van der Waals surface area contributed by atoms with Crippen molar-refractivity contribution in [3.05, 3.63) is 201 Å². The summed E-state index contributed by atoms with van der Waals surface area (Å²) < 4.78 is 85.8. The Labute approximate surface area is 370 Å². The zero-order valence-electron chi connectivity index (χ0n) is 35.1. The molecule has 0 spiro atoms. The van der Waals surface area contributed by atoms with Gasteiger partial charge in [0.15, 0.2) is 0 Å². The minimum atomic E-state index is -4.36. The molecule has 2 aliphatic rings. The van der Waals surface area contributed by atoms with Crippen LogP contribution in [0.25, 0.3) is 33.2 Å². The van der Waals surface area contributed by atoms with Gasteiger partial charge in [0.1, 0.15) is 0 Å². The number of carbonyl (C=O) groups excluding carboxylic acids is 1. The molecular weight excluding hydrogens is 843 g/mol. The van der Waals surface area contributed by atoms with E-state index in [0.29, 0.717) is 47.2 Å². The van der Waals surface area contributed by atoms with Gasteiger partial charge in [-0.25, -0.2) is 9.59 Å². The number of carbonyl (C=O) groups is 2. The topological polar surface area (TPSA) is 73.5 Å². The summed E-state index contributed by atoms with van der Waals surface area (Å²) in [6, 6.07) is 37.7. The van der Waals surface area contributed by atoms with Gasteiger partial charge in [-0.3, -0.25) is 0 Å². The Bertz CT molecular complexity index is 3060. The van der Waals surface area contributed by atoms with E-state index >= 15 is 0 Å². The van der Waals surface area contributed by atoms with E-state index in [1.165, 1.54) is 36.9 Å². The van der Waals surface area contributed by atoms with Crippen LogP contribution in [0.1, 0.15) is 103 Å². The van der Waals surface area contributed by atoms with E-state index < -0.39 is 29.4 Å². The first-order chi connectivity index (χ1) is 31.1. The van der Waals surface area contributed by atoms with Crippen molar-refractivity contribution in [1.29, 1.82) is 0 Å². The number of ether oxygens (including phenoxy) is 1. The van der Waals surface area contributed by atoms with Gasteiger partial charge >= 0.3 is 24.3 Å². The molecule has 8 aromatic rings. The monoisotopic (exact) mass is 884 g/mol. The second-order valence-electron chi connectivity index (χ2n) is 16.8. The summed E-state index contributed by atoms with van der Waals surface area (Å²) in [6.07, 6.45) is 0.579. The number of carboxylic acids is 1. The van der Waals surface area contributed by atoms with Gasteiger partial charge in [0.05, 0.1) is 40.4 Å². The highest BCUT2D eigenvalue weighted by Gasteiger charge is 2.31. The lowest BCUT2D eigenvalue weighted by Crippen LogP contribution is -2.07. The third kappa shape index (κ3) is 9.43. The fourth-order valence-corrected chi connectivity index (χ4v) is 8.45. The van der Waals surface area contributed by atoms with Gasteiger partial charge in [-0.05, 0) is 181 Å². The Morgan fingerprint density at radius 2 is 0.969 bits per heavy atom. The molecule has 2 saturated carbocycles. The van der Waals surface area contributed by atoms with Crippen LogP contribution in [-0.4, -0.2) is 33.3 Å². The van der Waals surface area contributed by atoms with Gasteiger partial charge in [-0.15, -0.1) is 0 Å². The van der Waals surface area contributed by atoms with E-state index in [1.807, 2.05) is 94.3 Å². The largest absolute Gasteiger partial charge is 0.478 e. The van der Waals surface area contributed by atoms with Crippen LogP contribution in [0.15, 0.2) is 146 Å². The van der Waals surface area contributed by atoms with Crippen LogP contribution < -0.4 is 0 Å². The Balaban J connectivity index is 0.000000164. The number of esters is 1. The van der Waals surface area contributed by atoms with Gasteiger partial charge in [0.25, 0.3) is 0 Å². The second kappa shape index (κ2) is 17.1. The highest BCUT2D eigenvalue weighted by atomic mass is 19.4. The lowest BCUT2D eigenvalue weighted by Gasteiger charge is -2.12. The molecule has 2 aliphatic carbocycles. The molecule has 0 aliphatic heterocycles. The molecule has 6 nitrogen and oxygen atoms in total. The van der Waals surface area contributed by atoms with Crippen molar-refractivity contribution in [1.82, 2.24) is 9.13 Å². The summed E-state index contributed by atoms with van der Waals surface area (Å²) >= 11 is 0. The molecule has 0 unspecified atom stereocenters. The molecule has 1 N–H and O–H groups in total. The Kier molecular flexibility index (Phi) is 11.4. The number of carboxylic acid groups (broad SMARTS) is 1. The molecule has 10 rings (SSSR count). The average molecular weight is 885 g/mol. The number of benzene rings is 6. The smallest absolute Gasteiger partial charge is 0.416 e. The van der Waals surface area contributed by atoms with E-state index in [2.05, 4.69) is 6.07 Å². The number of alkyl halides is 6. The zero-order chi connectivity index (χ0) is 45.6. The standard InChI is InChI=1S/C27H22F3NO2.C26H20F3NO2/c1-33-26(32)24-16-19(18-3-4-18)5-6-20(24)14-17-2-11-25-21(15-17)12-13-31(25)23-9-7-22(8-10-23)27(28,29)30;27-26(28,29)21-6-8-22(9-7-21)30-12-11-20-14-16(1-10-24(20)30)13-19-5-4-18(17-2-3-17)15-23(19)25(31)32/h2,5-13,15-16,18H,3-4,14H2,1H3;1,4-12,14-15,17H,2-3,13H2,(H,31,32). The molecule has 65 heavy (non-hydrogen) atoms. The Morgan fingerprint density at radius 3 is 1.35 bits per heavy atom. The van der Waals surface area contributed by atoms with Crippen molar-refractivity contribution in [3.8, 4) is 11.4 Å². The predicted molar refractivity (Wildman–Crippen MR) is 237 cm³/mol. The van der Waals surface area contributed by atoms with Crippen molar-refractivity contribution in [3.63, 3.8) is 0 Å². The summed E-state index contributed by atoms with van der Waals surface area (Å²) in [4.78, 5) is 24.2. The molecule has 0 radical (unpaired) electrons. The summed E-state index contributed by atoms with van der Waals surface area (Å²) in [5, 5.41) is 11.6. The number of fused-ring (bicyclic) bond motifs is 2. The minimum Gasteiger partial charge on any atom is -0.478 e. The Hall–Kier alpha value is -7.08. The van der Waals surface area contributed by atoms with Gasteiger partial charge in [0.2, 0.25) is 0 Å². The van der Waals surface area contributed by atoms with Crippen LogP contribution in [0, 0.1) is 0 Å². The molecule has 0 atom stereocenters. The van der Waals surface area contributed by atoms with E-state index in [9.17, 15) is 41.0 Å². The van der Waals surface area contributed by atoms with E-state index in [0.717, 1.165) is 99.6 Å². The maximum atomic E-state index is 12.9. The molecule has 2 fully saturated rings. The van der Waals surface area contributed by atoms with Crippen molar-refractivity contribution in [2.24, 2.45) is 0 Å². The van der Waals surface area contributed by atoms with Crippen LogP contribution >= 0.6 is 0 Å². The van der Waals surface area contributed by atoms with Crippen molar-refractivity contribution < 1.29 is 45.8 Å². The zero-order valence-corrected chi connectivity index (χ0v) is 35.1. The van der Waals surface area contributed by atoms with Gasteiger partial charge in [-0.1, -0.05) is 36.4 Å². The summed E-state index contributed by atoms with van der Waals surface area (Å²) in [5.74, 6) is -0.216. The van der Waals surface area contributed by atoms with Crippen LogP contribution in [0.3, 0.4) is 0 Å². The molecule has 0 saturated heterocycles. The third-order valence-corrected chi connectivity index (χ3v) is 12.2. The number of hydrogen-bond donors (Lipinski definition) is 1. The number of rotatable bonds is 10. The lowest BCUT2D eigenvalue weighted by atomic mass is 9.96. The van der Waals surface area contributed by atoms with Crippen molar-refractivity contribution in [2.45, 2.75) is 62.7 Å². The first-order valence-corrected chi connectivity index (χ1v) is 21.3. The normalized spacial score (nSPS) is 14.0. The molecule has 12 heteroatoms. The molecule has 0 bridgehead atoms. The highest BCUT2D eigenvalue weighted by Crippen LogP contribution is 2.42. The first kappa shape index (κ1) is 43.2. The summed E-state index contributed by atoms with van der Waals surface area (Å²) in [6.45, 7) is 0. The Morgan fingerprint density at radius 1 is 0.554 bits per heavy atom. The number of aromatic carboxylic acids is 1. The SMILES string of the molecule is COC(=O)c1cc(C2CC2)ccc1Cc1ccc2c(ccn2-c2ccc(C(F)(F)F)cc2)c1.O=C(O)c1cc(C2CC2)ccc1Cc1ccc2c(ccn2-c2ccc(C(F)(F)F)cc2)c1. The second-order valence-corrected chi connectivity index (χ2v) is 16.8. The van der Waals surface area contributed by atoms with Crippen LogP contribution in [0.5, 0.6) is 0 Å². The fourth-order valence-electron chi connectivity index (χ4n) is 8.45. The van der Waals surface area contributed by atoms with Crippen LogP contribution in [0.2, 0.25) is 0 Å². The molecule has 0 amide bonds. The molecule has 6 aromatic carbocycles. The molecule has 2 heterocycles. The predicted octanol–water partition coefficient (Wildman–Crippen LogP) is 13.7. The van der Waals surface area contributed by atoms with E-state index in [4.69, 9.17) is 4.74 Å². The van der Waals surface area contributed by atoms with Crippen molar-refractivity contribution >= 4 is 33.7 Å². The van der Waals surface area contributed by atoms with Gasteiger partial charge in [-0.2, -0.15) is 26.3 Å². The van der Waals surface area contributed by atoms with E-state index in [1.54, 1.807) is 6.07 Å². The first-order valence-electron chi connectivity index (χ1n) is 21.3. The summed E-state index contributed by atoms with van der Waals surface area (Å²) in [5.41, 5.74) is 8.64. The number of nitrogens with zero attached hydrogens (tertiary/aromatic N) is 2. The quantitative estimate of drug-likeness (QED) is 0.110. The number of methoxy groups -OCH3 is 1. The maximum absolute atomic E-state index is 12.9. The minimum absolute atomic E-state index is 0.331. The lowest BCUT2D eigenvalue weighted by molar-refractivity contribution is -0.138. The molecule has 2 aromatic heterocycles. The maximum Gasteiger partial charge on any atom is 0.416 e. The third-order valence-electron chi connectivity index (χ3n) is 12.2. The fraction of sp³-hybridized carbons (Fsp3) is 0.208. The van der Waals surface area contributed by atoms with Gasteiger partial charge < -0.3 is 19.0 Å². The van der Waals surface area contributed by atoms with Crippen LogP contribution in [0.4, 0.5) is 26.3 Å². The number of aromatic nitrogens is 2. The molecule has 330 valence electrons. The highest BCUT2D eigenvalue weighted by molar-refractivity contribution is 5.92. The van der Waals surface area contributed by atoms with Crippen LogP contribution in [-0.2, 0) is 29.9 Å².